The van der Waals surface area contributed by atoms with Gasteiger partial charge in [0.15, 0.2) is 0 Å². The quantitative estimate of drug-likeness (QED) is 0.484. The Bertz CT molecular complexity index is 384. The van der Waals surface area contributed by atoms with Gasteiger partial charge in [0.1, 0.15) is 0 Å². The molecule has 112 valence electrons. The number of hydrogen-bond donors (Lipinski definition) is 4. The molecule has 0 bridgehead atoms. The predicted molar refractivity (Wildman–Crippen MR) is 80.0 cm³/mol. The molecule has 0 unspecified atom stereocenters. The van der Waals surface area contributed by atoms with Crippen LogP contribution in [0, 0.1) is 0 Å². The number of unbranched alkanes of at least 4 members (excludes halogenated alkanes) is 1. The Morgan fingerprint density at radius 1 is 1.25 bits per heavy atom. The van der Waals surface area contributed by atoms with Crippen molar-refractivity contribution in [2.45, 2.75) is 37.8 Å². The van der Waals surface area contributed by atoms with Crippen molar-refractivity contribution in [1.29, 1.82) is 0 Å². The summed E-state index contributed by atoms with van der Waals surface area (Å²) in [5, 5.41) is 12.2. The molecule has 0 aliphatic heterocycles. The fraction of sp³-hybridized carbons (Fsp3) is 0.533. The lowest BCUT2D eigenvalue weighted by molar-refractivity contribution is -0.123. The molecule has 2 atom stereocenters. The van der Waals surface area contributed by atoms with Crippen molar-refractivity contribution in [2.24, 2.45) is 11.5 Å². The second-order valence-electron chi connectivity index (χ2n) is 4.97. The monoisotopic (exact) mass is 279 g/mol. The number of hydrogen-bond acceptors (Lipinski definition) is 4. The van der Waals surface area contributed by atoms with E-state index in [4.69, 9.17) is 11.5 Å². The Kier molecular flexibility index (Phi) is 7.87. The van der Waals surface area contributed by atoms with Crippen molar-refractivity contribution in [1.82, 2.24) is 5.32 Å². The molecular formula is C15H25N3O2. The first-order chi connectivity index (χ1) is 9.67. The lowest BCUT2D eigenvalue weighted by Crippen LogP contribution is -2.47. The maximum absolute atomic E-state index is 11.9. The van der Waals surface area contributed by atoms with E-state index >= 15 is 0 Å². The molecule has 0 heterocycles. The average molecular weight is 279 g/mol. The zero-order valence-electron chi connectivity index (χ0n) is 11.8. The summed E-state index contributed by atoms with van der Waals surface area (Å²) in [6.07, 6.45) is 2.92. The van der Waals surface area contributed by atoms with Gasteiger partial charge in [0, 0.05) is 0 Å². The van der Waals surface area contributed by atoms with Crippen LogP contribution in [0.25, 0.3) is 0 Å². The van der Waals surface area contributed by atoms with Gasteiger partial charge in [-0.1, -0.05) is 36.8 Å². The zero-order chi connectivity index (χ0) is 14.8. The predicted octanol–water partition coefficient (Wildman–Crippen LogP) is 0.163. The van der Waals surface area contributed by atoms with Gasteiger partial charge < -0.3 is 21.9 Å². The summed E-state index contributed by atoms with van der Waals surface area (Å²) >= 11 is 0. The van der Waals surface area contributed by atoms with Crippen LogP contribution >= 0.6 is 0 Å². The van der Waals surface area contributed by atoms with E-state index in [1.54, 1.807) is 0 Å². The lowest BCUT2D eigenvalue weighted by Gasteiger charge is -2.19. The molecule has 0 aliphatic carbocycles. The molecule has 20 heavy (non-hydrogen) atoms. The Labute approximate surface area is 120 Å². The molecule has 0 saturated carbocycles. The minimum Gasteiger partial charge on any atom is -0.394 e. The van der Waals surface area contributed by atoms with Gasteiger partial charge in [-0.15, -0.1) is 0 Å². The Morgan fingerprint density at radius 3 is 2.55 bits per heavy atom. The molecule has 0 fully saturated rings. The van der Waals surface area contributed by atoms with Crippen molar-refractivity contribution in [2.75, 3.05) is 13.2 Å². The summed E-state index contributed by atoms with van der Waals surface area (Å²) in [5.41, 5.74) is 12.3. The number of amides is 1. The molecular weight excluding hydrogens is 254 g/mol. The lowest BCUT2D eigenvalue weighted by atomic mass is 10.1. The molecule has 5 nitrogen and oxygen atoms in total. The van der Waals surface area contributed by atoms with E-state index in [9.17, 15) is 9.90 Å². The second-order valence-corrected chi connectivity index (χ2v) is 4.97. The van der Waals surface area contributed by atoms with E-state index in [0.717, 1.165) is 18.4 Å². The van der Waals surface area contributed by atoms with Gasteiger partial charge >= 0.3 is 0 Å². The topological polar surface area (TPSA) is 101 Å². The van der Waals surface area contributed by atoms with E-state index < -0.39 is 6.04 Å². The van der Waals surface area contributed by atoms with Crippen LogP contribution in [0.2, 0.25) is 0 Å². The summed E-state index contributed by atoms with van der Waals surface area (Å²) in [6.45, 7) is 0.512. The van der Waals surface area contributed by atoms with Gasteiger partial charge in [-0.3, -0.25) is 4.79 Å². The third-order valence-electron chi connectivity index (χ3n) is 3.20. The van der Waals surface area contributed by atoms with Crippen molar-refractivity contribution in [3.8, 4) is 0 Å². The van der Waals surface area contributed by atoms with E-state index in [0.29, 0.717) is 19.4 Å². The number of benzene rings is 1. The Balaban J connectivity index is 2.41. The van der Waals surface area contributed by atoms with Gasteiger partial charge in [-0.2, -0.15) is 0 Å². The highest BCUT2D eigenvalue weighted by molar-refractivity contribution is 5.81. The third-order valence-corrected chi connectivity index (χ3v) is 3.20. The highest BCUT2D eigenvalue weighted by atomic mass is 16.3. The summed E-state index contributed by atoms with van der Waals surface area (Å²) < 4.78 is 0. The molecule has 1 rings (SSSR count). The minimum absolute atomic E-state index is 0.101. The van der Waals surface area contributed by atoms with Gasteiger partial charge in [-0.05, 0) is 31.4 Å². The molecule has 0 aromatic heterocycles. The summed E-state index contributed by atoms with van der Waals surface area (Å²) in [5.74, 6) is -0.211. The highest BCUT2D eigenvalue weighted by Crippen LogP contribution is 2.04. The molecule has 0 spiro atoms. The van der Waals surface area contributed by atoms with Gasteiger partial charge in [0.2, 0.25) is 5.91 Å². The average Bonchev–Trinajstić information content (AvgIpc) is 2.47. The maximum Gasteiger partial charge on any atom is 0.237 e. The number of aliphatic hydroxyl groups excluding tert-OH is 1. The van der Waals surface area contributed by atoms with Crippen molar-refractivity contribution in [3.63, 3.8) is 0 Å². The minimum atomic E-state index is -0.536. The van der Waals surface area contributed by atoms with Crippen molar-refractivity contribution < 1.29 is 9.90 Å². The van der Waals surface area contributed by atoms with E-state index in [1.807, 2.05) is 30.3 Å². The number of carbonyl (C=O) groups is 1. The largest absolute Gasteiger partial charge is 0.394 e. The molecule has 0 aliphatic rings. The smallest absolute Gasteiger partial charge is 0.237 e. The van der Waals surface area contributed by atoms with E-state index in [-0.39, 0.29) is 18.6 Å². The first kappa shape index (κ1) is 16.6. The van der Waals surface area contributed by atoms with Gasteiger partial charge in [0.25, 0.3) is 0 Å². The highest BCUT2D eigenvalue weighted by Gasteiger charge is 2.17. The standard InChI is InChI=1S/C15H25N3O2/c16-9-5-4-8-14(17)15(20)18-13(11-19)10-12-6-2-1-3-7-12/h1-3,6-7,13-14,19H,4-5,8-11,16-17H2,(H,18,20)/t13-,14-/m1/s1. The van der Waals surface area contributed by atoms with Crippen LogP contribution in [0.3, 0.4) is 0 Å². The van der Waals surface area contributed by atoms with Crippen LogP contribution < -0.4 is 16.8 Å². The van der Waals surface area contributed by atoms with Crippen molar-refractivity contribution in [3.05, 3.63) is 35.9 Å². The molecule has 0 saturated heterocycles. The summed E-state index contributed by atoms with van der Waals surface area (Å²) in [6, 6.07) is 8.90. The fourth-order valence-electron chi connectivity index (χ4n) is 2.01. The van der Waals surface area contributed by atoms with Crippen molar-refractivity contribution >= 4 is 5.91 Å². The molecule has 5 heteroatoms. The van der Waals surface area contributed by atoms with E-state index in [2.05, 4.69) is 5.32 Å². The SMILES string of the molecule is NCCCC[C@@H](N)C(=O)N[C@@H](CO)Cc1ccccc1. The Hall–Kier alpha value is -1.43. The molecule has 0 radical (unpaired) electrons. The van der Waals surface area contributed by atoms with Crippen LogP contribution in [0.15, 0.2) is 30.3 Å². The van der Waals surface area contributed by atoms with Crippen LogP contribution in [-0.4, -0.2) is 36.2 Å². The number of nitrogens with one attached hydrogen (secondary N) is 1. The zero-order valence-corrected chi connectivity index (χ0v) is 11.8. The van der Waals surface area contributed by atoms with Gasteiger partial charge in [0.05, 0.1) is 18.7 Å². The fourth-order valence-corrected chi connectivity index (χ4v) is 2.01. The number of nitrogens with two attached hydrogens (primary N) is 2. The summed E-state index contributed by atoms with van der Waals surface area (Å²) in [7, 11) is 0. The van der Waals surface area contributed by atoms with Crippen LogP contribution in [0.1, 0.15) is 24.8 Å². The maximum atomic E-state index is 11.9. The molecule has 1 aromatic rings. The van der Waals surface area contributed by atoms with Crippen LogP contribution in [0.4, 0.5) is 0 Å². The summed E-state index contributed by atoms with van der Waals surface area (Å²) in [4.78, 5) is 11.9. The third kappa shape index (κ3) is 6.14. The Morgan fingerprint density at radius 2 is 1.95 bits per heavy atom. The first-order valence-electron chi connectivity index (χ1n) is 7.08. The molecule has 1 amide bonds. The van der Waals surface area contributed by atoms with Gasteiger partial charge in [-0.25, -0.2) is 0 Å². The van der Waals surface area contributed by atoms with Crippen LogP contribution in [0.5, 0.6) is 0 Å². The second kappa shape index (κ2) is 9.47. The number of carbonyl (C=O) groups excluding carboxylic acids is 1. The normalized spacial score (nSPS) is 13.8. The molecule has 6 N–H and O–H groups in total. The van der Waals surface area contributed by atoms with E-state index in [1.165, 1.54) is 0 Å². The number of aliphatic hydroxyl groups is 1. The van der Waals surface area contributed by atoms with Crippen LogP contribution in [-0.2, 0) is 11.2 Å². The molecule has 1 aromatic carbocycles. The first-order valence-corrected chi connectivity index (χ1v) is 7.08. The number of rotatable bonds is 9.